The fourth-order valence-electron chi connectivity index (χ4n) is 2.93. The van der Waals surface area contributed by atoms with Crippen molar-refractivity contribution in [2.45, 2.75) is 45.1 Å². The van der Waals surface area contributed by atoms with Gasteiger partial charge in [-0.3, -0.25) is 4.90 Å². The van der Waals surface area contributed by atoms with E-state index in [-0.39, 0.29) is 5.54 Å². The van der Waals surface area contributed by atoms with Crippen LogP contribution in [0.2, 0.25) is 0 Å². The molecule has 0 aromatic heterocycles. The predicted octanol–water partition coefficient (Wildman–Crippen LogP) is 1.63. The highest BCUT2D eigenvalue weighted by Crippen LogP contribution is 2.42. The lowest BCUT2D eigenvalue weighted by molar-refractivity contribution is -0.0794. The summed E-state index contributed by atoms with van der Waals surface area (Å²) in [5.74, 6) is 0. The second kappa shape index (κ2) is 2.96. The molecule has 76 valence electrons. The lowest BCUT2D eigenvalue weighted by Crippen LogP contribution is -2.63. The van der Waals surface area contributed by atoms with Gasteiger partial charge in [0.05, 0.1) is 6.61 Å². The summed E-state index contributed by atoms with van der Waals surface area (Å²) < 4.78 is 0. The van der Waals surface area contributed by atoms with E-state index in [1.54, 1.807) is 0 Å². The summed E-state index contributed by atoms with van der Waals surface area (Å²) in [6.45, 7) is 7.33. The van der Waals surface area contributed by atoms with Crippen LogP contribution in [0.1, 0.15) is 39.5 Å². The van der Waals surface area contributed by atoms with Crippen molar-refractivity contribution in [1.29, 1.82) is 0 Å². The number of aliphatic hydroxyl groups excluding tert-OH is 1. The third-order valence-electron chi connectivity index (χ3n) is 3.74. The molecule has 0 bridgehead atoms. The van der Waals surface area contributed by atoms with Crippen LogP contribution < -0.4 is 0 Å². The van der Waals surface area contributed by atoms with Crippen LogP contribution in [0.25, 0.3) is 0 Å². The Hall–Kier alpha value is -0.0800. The summed E-state index contributed by atoms with van der Waals surface area (Å²) in [4.78, 5) is 2.50. The van der Waals surface area contributed by atoms with Crippen LogP contribution in [0.4, 0.5) is 0 Å². The van der Waals surface area contributed by atoms with Gasteiger partial charge in [0.2, 0.25) is 0 Å². The summed E-state index contributed by atoms with van der Waals surface area (Å²) in [5.41, 5.74) is 0.667. The highest BCUT2D eigenvalue weighted by molar-refractivity contribution is 5.02. The second-order valence-corrected chi connectivity index (χ2v) is 5.61. The van der Waals surface area contributed by atoms with E-state index < -0.39 is 0 Å². The van der Waals surface area contributed by atoms with Gasteiger partial charge in [-0.1, -0.05) is 26.7 Å². The van der Waals surface area contributed by atoms with Crippen LogP contribution in [0.15, 0.2) is 0 Å². The van der Waals surface area contributed by atoms with Crippen molar-refractivity contribution in [3.63, 3.8) is 0 Å². The van der Waals surface area contributed by atoms with Gasteiger partial charge in [0.25, 0.3) is 0 Å². The molecule has 0 atom stereocenters. The van der Waals surface area contributed by atoms with Gasteiger partial charge in [0.15, 0.2) is 0 Å². The summed E-state index contributed by atoms with van der Waals surface area (Å²) in [7, 11) is 0. The minimum absolute atomic E-state index is 0.176. The van der Waals surface area contributed by atoms with E-state index in [1.807, 2.05) is 0 Å². The monoisotopic (exact) mass is 183 g/mol. The Kier molecular flexibility index (Phi) is 2.16. The molecule has 1 aliphatic heterocycles. The largest absolute Gasteiger partial charge is 0.394 e. The highest BCUT2D eigenvalue weighted by Gasteiger charge is 2.47. The van der Waals surface area contributed by atoms with Crippen molar-refractivity contribution in [1.82, 2.24) is 4.90 Å². The van der Waals surface area contributed by atoms with Gasteiger partial charge in [0.1, 0.15) is 0 Å². The average Bonchev–Trinajstić information content (AvgIpc) is 2.49. The van der Waals surface area contributed by atoms with Crippen molar-refractivity contribution in [2.24, 2.45) is 5.41 Å². The topological polar surface area (TPSA) is 23.5 Å². The van der Waals surface area contributed by atoms with E-state index in [2.05, 4.69) is 18.7 Å². The lowest BCUT2D eigenvalue weighted by Gasteiger charge is -2.54. The highest BCUT2D eigenvalue weighted by atomic mass is 16.3. The van der Waals surface area contributed by atoms with Gasteiger partial charge < -0.3 is 5.11 Å². The van der Waals surface area contributed by atoms with Crippen LogP contribution in [0.3, 0.4) is 0 Å². The van der Waals surface area contributed by atoms with Crippen LogP contribution in [0, 0.1) is 5.41 Å². The number of likely N-dealkylation sites (tertiary alicyclic amines) is 1. The smallest absolute Gasteiger partial charge is 0.0615 e. The zero-order valence-electron chi connectivity index (χ0n) is 8.84. The van der Waals surface area contributed by atoms with E-state index in [1.165, 1.54) is 38.8 Å². The third-order valence-corrected chi connectivity index (χ3v) is 3.74. The Morgan fingerprint density at radius 2 is 1.69 bits per heavy atom. The summed E-state index contributed by atoms with van der Waals surface area (Å²) in [6, 6.07) is 0. The van der Waals surface area contributed by atoms with Crippen molar-refractivity contribution in [2.75, 3.05) is 19.7 Å². The molecule has 0 amide bonds. The molecule has 1 saturated heterocycles. The van der Waals surface area contributed by atoms with Crippen LogP contribution in [-0.4, -0.2) is 35.2 Å². The maximum Gasteiger partial charge on any atom is 0.0615 e. The lowest BCUT2D eigenvalue weighted by atomic mass is 9.79. The van der Waals surface area contributed by atoms with E-state index in [0.29, 0.717) is 12.0 Å². The molecule has 13 heavy (non-hydrogen) atoms. The molecule has 2 fully saturated rings. The zero-order chi connectivity index (χ0) is 9.53. The maximum absolute atomic E-state index is 9.48. The molecular weight excluding hydrogens is 162 g/mol. The molecular formula is C11H21NO. The quantitative estimate of drug-likeness (QED) is 0.703. The first-order valence-electron chi connectivity index (χ1n) is 5.44. The van der Waals surface area contributed by atoms with E-state index in [9.17, 15) is 5.11 Å². The zero-order valence-corrected chi connectivity index (χ0v) is 8.84. The Morgan fingerprint density at radius 3 is 2.08 bits per heavy atom. The molecule has 2 rings (SSSR count). The van der Waals surface area contributed by atoms with Crippen LogP contribution in [-0.2, 0) is 0 Å². The van der Waals surface area contributed by atoms with Crippen LogP contribution in [0.5, 0.6) is 0 Å². The molecule has 0 aromatic carbocycles. The minimum atomic E-state index is 0.176. The second-order valence-electron chi connectivity index (χ2n) is 5.61. The Bertz CT molecular complexity index is 186. The summed E-state index contributed by atoms with van der Waals surface area (Å²) >= 11 is 0. The summed E-state index contributed by atoms with van der Waals surface area (Å²) in [5, 5.41) is 9.48. The SMILES string of the molecule is CC1(C)CN(C2(CO)CCCC2)C1. The van der Waals surface area contributed by atoms with Gasteiger partial charge in [0, 0.05) is 18.6 Å². The van der Waals surface area contributed by atoms with Gasteiger partial charge in [-0.2, -0.15) is 0 Å². The average molecular weight is 183 g/mol. The molecule has 2 nitrogen and oxygen atoms in total. The molecule has 1 saturated carbocycles. The van der Waals surface area contributed by atoms with E-state index in [0.717, 1.165) is 0 Å². The molecule has 0 spiro atoms. The molecule has 1 N–H and O–H groups in total. The number of hydrogen-bond donors (Lipinski definition) is 1. The first-order valence-corrected chi connectivity index (χ1v) is 5.44. The molecule has 2 aliphatic rings. The number of rotatable bonds is 2. The normalized spacial score (nSPS) is 31.6. The van der Waals surface area contributed by atoms with Gasteiger partial charge >= 0.3 is 0 Å². The first-order chi connectivity index (χ1) is 6.08. The Morgan fingerprint density at radius 1 is 1.15 bits per heavy atom. The molecule has 1 heterocycles. The number of nitrogens with zero attached hydrogens (tertiary/aromatic N) is 1. The van der Waals surface area contributed by atoms with E-state index >= 15 is 0 Å². The Labute approximate surface area is 80.9 Å². The number of aliphatic hydroxyl groups is 1. The van der Waals surface area contributed by atoms with Crippen molar-refractivity contribution < 1.29 is 5.11 Å². The molecule has 0 aromatic rings. The summed E-state index contributed by atoms with van der Waals surface area (Å²) in [6.07, 6.45) is 5.02. The maximum atomic E-state index is 9.48. The minimum Gasteiger partial charge on any atom is -0.394 e. The fourth-order valence-corrected chi connectivity index (χ4v) is 2.93. The van der Waals surface area contributed by atoms with Crippen molar-refractivity contribution in [3.8, 4) is 0 Å². The van der Waals surface area contributed by atoms with Crippen molar-refractivity contribution in [3.05, 3.63) is 0 Å². The number of hydrogen-bond acceptors (Lipinski definition) is 2. The standard InChI is InChI=1S/C11H21NO/c1-10(2)7-12(8-10)11(9-13)5-3-4-6-11/h13H,3-9H2,1-2H3. The van der Waals surface area contributed by atoms with Crippen molar-refractivity contribution >= 4 is 0 Å². The van der Waals surface area contributed by atoms with Crippen LogP contribution >= 0.6 is 0 Å². The van der Waals surface area contributed by atoms with E-state index in [4.69, 9.17) is 0 Å². The first kappa shape index (κ1) is 9.47. The fraction of sp³-hybridized carbons (Fsp3) is 1.00. The Balaban J connectivity index is 1.99. The van der Waals surface area contributed by atoms with Gasteiger partial charge in [-0.15, -0.1) is 0 Å². The molecule has 0 radical (unpaired) electrons. The van der Waals surface area contributed by atoms with Gasteiger partial charge in [-0.05, 0) is 18.3 Å². The van der Waals surface area contributed by atoms with Gasteiger partial charge in [-0.25, -0.2) is 0 Å². The predicted molar refractivity (Wildman–Crippen MR) is 53.6 cm³/mol. The molecule has 0 unspecified atom stereocenters. The molecule has 1 aliphatic carbocycles. The third kappa shape index (κ3) is 1.50. The molecule has 2 heteroatoms.